The van der Waals surface area contributed by atoms with Crippen molar-refractivity contribution in [1.82, 2.24) is 0 Å². The monoisotopic (exact) mass is 448 g/mol. The molecule has 2 aliphatic carbocycles. The highest BCUT2D eigenvalue weighted by Crippen LogP contribution is 2.44. The standard InChI is InChI=1S/C27H32F4O/c1-17-3-5-19(6-4-17)20-7-9-21(10-8-20)22-11-13-23(14-12-22)27(30,31)32-24-15-25(28)18(2)26(29)16-24/h11-17,19-21H,3-10H2,1-2H3. The summed E-state index contributed by atoms with van der Waals surface area (Å²) in [5.74, 6) is 0.585. The minimum absolute atomic E-state index is 0.224. The van der Waals surface area contributed by atoms with Crippen molar-refractivity contribution in [3.63, 3.8) is 0 Å². The van der Waals surface area contributed by atoms with E-state index in [1.165, 1.54) is 57.6 Å². The lowest BCUT2D eigenvalue weighted by Gasteiger charge is -2.37. The lowest BCUT2D eigenvalue weighted by atomic mass is 9.68. The van der Waals surface area contributed by atoms with Gasteiger partial charge in [0.15, 0.2) is 0 Å². The molecule has 4 rings (SSSR count). The Bertz CT molecular complexity index is 885. The molecule has 5 heteroatoms. The molecule has 0 aliphatic heterocycles. The van der Waals surface area contributed by atoms with Crippen LogP contribution in [0, 0.1) is 36.3 Å². The third-order valence-corrected chi connectivity index (χ3v) is 7.72. The second-order valence-corrected chi connectivity index (χ2v) is 9.88. The normalized spacial score (nSPS) is 26.7. The first-order chi connectivity index (χ1) is 15.2. The molecule has 1 nitrogen and oxygen atoms in total. The van der Waals surface area contributed by atoms with Gasteiger partial charge in [0.2, 0.25) is 0 Å². The first-order valence-corrected chi connectivity index (χ1v) is 11.9. The predicted octanol–water partition coefficient (Wildman–Crippen LogP) is 8.50. The maximum atomic E-state index is 14.6. The fraction of sp³-hybridized carbons (Fsp3) is 0.556. The Balaban J connectivity index is 1.36. The summed E-state index contributed by atoms with van der Waals surface area (Å²) in [5.41, 5.74) is 0.526. The first kappa shape index (κ1) is 23.1. The SMILES string of the molecule is Cc1c(F)cc(OC(F)(F)c2ccc(C3CCC(C4CCC(C)CC4)CC3)cc2)cc1F. The molecule has 0 N–H and O–H groups in total. The second-order valence-electron chi connectivity index (χ2n) is 9.88. The van der Waals surface area contributed by atoms with Crippen LogP contribution in [0.25, 0.3) is 0 Å². The number of hydrogen-bond donors (Lipinski definition) is 0. The van der Waals surface area contributed by atoms with Crippen molar-refractivity contribution in [2.75, 3.05) is 0 Å². The Morgan fingerprint density at radius 2 is 1.28 bits per heavy atom. The molecule has 174 valence electrons. The highest BCUT2D eigenvalue weighted by atomic mass is 19.3. The van der Waals surface area contributed by atoms with Crippen LogP contribution in [-0.4, -0.2) is 0 Å². The van der Waals surface area contributed by atoms with E-state index in [1.807, 2.05) is 0 Å². The maximum absolute atomic E-state index is 14.6. The van der Waals surface area contributed by atoms with Crippen molar-refractivity contribution in [3.8, 4) is 5.75 Å². The van der Waals surface area contributed by atoms with E-state index in [-0.39, 0.29) is 11.1 Å². The minimum atomic E-state index is -3.68. The van der Waals surface area contributed by atoms with Crippen molar-refractivity contribution >= 4 is 0 Å². The van der Waals surface area contributed by atoms with Gasteiger partial charge in [-0.15, -0.1) is 0 Å². The molecule has 0 bridgehead atoms. The highest BCUT2D eigenvalue weighted by Gasteiger charge is 2.36. The third kappa shape index (κ3) is 5.13. The van der Waals surface area contributed by atoms with E-state index in [0.717, 1.165) is 48.3 Å². The molecule has 0 spiro atoms. The minimum Gasteiger partial charge on any atom is -0.429 e. The van der Waals surface area contributed by atoms with E-state index < -0.39 is 23.5 Å². The Kier molecular flexibility index (Phi) is 6.83. The quantitative estimate of drug-likeness (QED) is 0.417. The molecule has 0 aromatic heterocycles. The Labute approximate surface area is 188 Å². The van der Waals surface area contributed by atoms with E-state index in [0.29, 0.717) is 5.92 Å². The molecule has 2 aromatic carbocycles. The lowest BCUT2D eigenvalue weighted by Crippen LogP contribution is -2.25. The first-order valence-electron chi connectivity index (χ1n) is 11.9. The molecule has 2 fully saturated rings. The van der Waals surface area contributed by atoms with Crippen LogP contribution in [0.3, 0.4) is 0 Å². The molecule has 0 heterocycles. The Morgan fingerprint density at radius 3 is 1.81 bits per heavy atom. The average molecular weight is 449 g/mol. The topological polar surface area (TPSA) is 9.23 Å². The summed E-state index contributed by atoms with van der Waals surface area (Å²) in [6, 6.07) is 7.79. The summed E-state index contributed by atoms with van der Waals surface area (Å²) in [7, 11) is 0. The molecule has 2 aromatic rings. The van der Waals surface area contributed by atoms with Gasteiger partial charge in [0.05, 0.1) is 5.56 Å². The third-order valence-electron chi connectivity index (χ3n) is 7.72. The van der Waals surface area contributed by atoms with Crippen LogP contribution in [0.1, 0.15) is 80.9 Å². The maximum Gasteiger partial charge on any atom is 0.426 e. The van der Waals surface area contributed by atoms with Gasteiger partial charge in [-0.1, -0.05) is 31.9 Å². The average Bonchev–Trinajstić information content (AvgIpc) is 2.78. The summed E-state index contributed by atoms with van der Waals surface area (Å²) in [6.07, 6.45) is 6.38. The molecule has 0 radical (unpaired) electrons. The van der Waals surface area contributed by atoms with Crippen LogP contribution in [-0.2, 0) is 6.11 Å². The second kappa shape index (κ2) is 9.44. The number of rotatable bonds is 5. The lowest BCUT2D eigenvalue weighted by molar-refractivity contribution is -0.185. The van der Waals surface area contributed by atoms with E-state index in [9.17, 15) is 17.6 Å². The van der Waals surface area contributed by atoms with Crippen LogP contribution in [0.5, 0.6) is 5.75 Å². The van der Waals surface area contributed by atoms with Crippen LogP contribution in [0.15, 0.2) is 36.4 Å². The van der Waals surface area contributed by atoms with Crippen LogP contribution >= 0.6 is 0 Å². The number of halogens is 4. The van der Waals surface area contributed by atoms with Gasteiger partial charge >= 0.3 is 6.11 Å². The molecular formula is C27H32F4O. The number of benzene rings is 2. The zero-order valence-electron chi connectivity index (χ0n) is 18.9. The van der Waals surface area contributed by atoms with Gasteiger partial charge in [-0.3, -0.25) is 0 Å². The van der Waals surface area contributed by atoms with Crippen molar-refractivity contribution in [2.24, 2.45) is 17.8 Å². The molecule has 0 amide bonds. The van der Waals surface area contributed by atoms with Crippen molar-refractivity contribution in [3.05, 3.63) is 64.7 Å². The van der Waals surface area contributed by atoms with Gasteiger partial charge in [0.1, 0.15) is 17.4 Å². The van der Waals surface area contributed by atoms with Gasteiger partial charge in [0, 0.05) is 17.7 Å². The summed E-state index contributed by atoms with van der Waals surface area (Å²) in [6.45, 7) is 3.59. The van der Waals surface area contributed by atoms with Crippen LogP contribution < -0.4 is 4.74 Å². The van der Waals surface area contributed by atoms with Gasteiger partial charge in [-0.2, -0.15) is 8.78 Å². The summed E-state index contributed by atoms with van der Waals surface area (Å²) in [5, 5.41) is 0. The zero-order valence-corrected chi connectivity index (χ0v) is 18.9. The smallest absolute Gasteiger partial charge is 0.426 e. The molecule has 0 atom stereocenters. The van der Waals surface area contributed by atoms with E-state index >= 15 is 0 Å². The molecule has 32 heavy (non-hydrogen) atoms. The summed E-state index contributed by atoms with van der Waals surface area (Å²) >= 11 is 0. The van der Waals surface area contributed by atoms with Crippen LogP contribution in [0.4, 0.5) is 17.6 Å². The number of hydrogen-bond acceptors (Lipinski definition) is 1. The van der Waals surface area contributed by atoms with Crippen molar-refractivity contribution < 1.29 is 22.3 Å². The van der Waals surface area contributed by atoms with E-state index in [1.54, 1.807) is 12.1 Å². The Hall–Kier alpha value is -2.04. The van der Waals surface area contributed by atoms with Gasteiger partial charge in [-0.25, -0.2) is 8.78 Å². The van der Waals surface area contributed by atoms with E-state index in [2.05, 4.69) is 11.7 Å². The molecular weight excluding hydrogens is 416 g/mol. The number of ether oxygens (including phenoxy) is 1. The van der Waals surface area contributed by atoms with E-state index in [4.69, 9.17) is 0 Å². The van der Waals surface area contributed by atoms with Crippen molar-refractivity contribution in [2.45, 2.75) is 77.2 Å². The highest BCUT2D eigenvalue weighted by molar-refractivity contribution is 5.32. The fourth-order valence-electron chi connectivity index (χ4n) is 5.52. The molecule has 0 unspecified atom stereocenters. The molecule has 2 aliphatic rings. The van der Waals surface area contributed by atoms with Gasteiger partial charge in [0.25, 0.3) is 0 Å². The van der Waals surface area contributed by atoms with Gasteiger partial charge in [-0.05, 0) is 86.8 Å². The van der Waals surface area contributed by atoms with Crippen molar-refractivity contribution in [1.29, 1.82) is 0 Å². The zero-order chi connectivity index (χ0) is 22.9. The van der Waals surface area contributed by atoms with Gasteiger partial charge < -0.3 is 4.74 Å². The predicted molar refractivity (Wildman–Crippen MR) is 118 cm³/mol. The molecule has 2 saturated carbocycles. The van der Waals surface area contributed by atoms with Crippen LogP contribution in [0.2, 0.25) is 0 Å². The number of alkyl halides is 2. The largest absolute Gasteiger partial charge is 0.429 e. The Morgan fingerprint density at radius 1 is 0.781 bits per heavy atom. The summed E-state index contributed by atoms with van der Waals surface area (Å²) < 4.78 is 61.2. The fourth-order valence-corrected chi connectivity index (χ4v) is 5.52. The molecule has 0 saturated heterocycles. The summed E-state index contributed by atoms with van der Waals surface area (Å²) in [4.78, 5) is 0.